The second-order valence-electron chi connectivity index (χ2n) is 23.7. The van der Waals surface area contributed by atoms with Crippen molar-refractivity contribution in [2.75, 3.05) is 0 Å². The molecule has 8 bridgehead atoms. The summed E-state index contributed by atoms with van der Waals surface area (Å²) in [7, 11) is 0. The zero-order valence-corrected chi connectivity index (χ0v) is 39.7. The molecule has 350 valence electrons. The van der Waals surface area contributed by atoms with Crippen LogP contribution in [0.25, 0.3) is 0 Å². The first-order chi connectivity index (χ1) is 31.7. The van der Waals surface area contributed by atoms with E-state index in [0.717, 1.165) is 12.2 Å². The molecule has 65 heavy (non-hydrogen) atoms. The summed E-state index contributed by atoms with van der Waals surface area (Å²) in [6.07, 6.45) is 18.8. The third kappa shape index (κ3) is 7.75. The van der Waals surface area contributed by atoms with Gasteiger partial charge in [0.15, 0.2) is 0 Å². The second kappa shape index (κ2) is 17.6. The zero-order valence-electron chi connectivity index (χ0n) is 39.7. The first kappa shape index (κ1) is 43.4. The van der Waals surface area contributed by atoms with Crippen molar-refractivity contribution in [1.82, 2.24) is 42.5 Å². The molecule has 12 rings (SSSR count). The van der Waals surface area contributed by atoms with Crippen molar-refractivity contribution in [2.45, 2.75) is 177 Å². The van der Waals surface area contributed by atoms with E-state index in [-0.39, 0.29) is 59.6 Å². The molecule has 0 amide bonds. The van der Waals surface area contributed by atoms with Crippen LogP contribution in [-0.2, 0) is 10.8 Å². The van der Waals surface area contributed by atoms with Gasteiger partial charge in [-0.25, -0.2) is 0 Å². The van der Waals surface area contributed by atoms with Crippen LogP contribution in [0.1, 0.15) is 122 Å². The highest BCUT2D eigenvalue weighted by atomic mass is 16.5. The van der Waals surface area contributed by atoms with E-state index in [9.17, 15) is 0 Å². The van der Waals surface area contributed by atoms with E-state index in [0.29, 0.717) is 65.8 Å². The molecule has 3 aromatic carbocycles. The highest BCUT2D eigenvalue weighted by Crippen LogP contribution is 2.58. The van der Waals surface area contributed by atoms with Gasteiger partial charge >= 0.3 is 0 Å². The summed E-state index contributed by atoms with van der Waals surface area (Å²) in [5.74, 6) is 5.83. The first-order valence-electron chi connectivity index (χ1n) is 26.6. The van der Waals surface area contributed by atoms with Gasteiger partial charge in [0.2, 0.25) is 0 Å². The molecule has 8 N–H and O–H groups in total. The fourth-order valence-electron chi connectivity index (χ4n) is 16.6. The third-order valence-corrected chi connectivity index (χ3v) is 19.9. The molecule has 9 nitrogen and oxygen atoms in total. The van der Waals surface area contributed by atoms with Gasteiger partial charge in [-0.2, -0.15) is 0 Å². The normalized spacial score (nSPS) is 43.8. The Morgan fingerprint density at radius 2 is 0.708 bits per heavy atom. The Morgan fingerprint density at radius 3 is 1.09 bits per heavy atom. The van der Waals surface area contributed by atoms with Crippen LogP contribution in [0.3, 0.4) is 0 Å². The standard InChI is InChI=1S/C56H80N8O/c1-55(2,33-20-8-5-9-21-33)43-32-42-44(46(65-35-24-12-7-13-25-35)45(43)56(3,4)34-22-10-6-11-23-34)54-63-52-41-31-19-18-30-40(41)50(61-52)59-48-37-27-15-14-26-36(37)47(57-48)58-49-38-28-16-17-29-39(38)51(60-49)62-53(42)64-54/h5-13,20-25,36-54,57-64H,14-19,26-32H2,1-4H3. The van der Waals surface area contributed by atoms with E-state index in [1.54, 1.807) is 0 Å². The minimum absolute atomic E-state index is 0.0574. The third-order valence-electron chi connectivity index (χ3n) is 19.9. The van der Waals surface area contributed by atoms with Crippen LogP contribution in [0.5, 0.6) is 5.75 Å². The molecule has 5 aliphatic heterocycles. The lowest BCUT2D eigenvalue weighted by Crippen LogP contribution is -2.63. The van der Waals surface area contributed by atoms with Gasteiger partial charge in [0, 0.05) is 11.8 Å². The summed E-state index contributed by atoms with van der Waals surface area (Å²) in [4.78, 5) is 0. The van der Waals surface area contributed by atoms with Crippen molar-refractivity contribution in [2.24, 2.45) is 59.2 Å². The fourth-order valence-corrected chi connectivity index (χ4v) is 16.6. The van der Waals surface area contributed by atoms with Gasteiger partial charge in [-0.15, -0.1) is 0 Å². The van der Waals surface area contributed by atoms with Crippen LogP contribution >= 0.6 is 0 Å². The summed E-state index contributed by atoms with van der Waals surface area (Å²) in [6, 6.07) is 33.7. The Labute approximate surface area is 390 Å². The van der Waals surface area contributed by atoms with Crippen molar-refractivity contribution in [3.05, 3.63) is 102 Å². The van der Waals surface area contributed by atoms with Gasteiger partial charge in [0.05, 0.1) is 49.3 Å². The molecule has 0 aromatic heterocycles. The molecule has 19 unspecified atom stereocenters. The van der Waals surface area contributed by atoms with Gasteiger partial charge < -0.3 is 4.74 Å². The summed E-state index contributed by atoms with van der Waals surface area (Å²) < 4.78 is 7.77. The monoisotopic (exact) mass is 881 g/mol. The molecule has 19 atom stereocenters. The molecular weight excluding hydrogens is 801 g/mol. The van der Waals surface area contributed by atoms with Crippen LogP contribution in [-0.4, -0.2) is 55.4 Å². The van der Waals surface area contributed by atoms with Crippen molar-refractivity contribution >= 4 is 0 Å². The molecular formula is C56H80N8O. The lowest BCUT2D eigenvalue weighted by Gasteiger charge is -2.56. The maximum absolute atomic E-state index is 7.77. The van der Waals surface area contributed by atoms with Gasteiger partial charge in [0.25, 0.3) is 0 Å². The SMILES string of the molecule is CC(C)(c1ccccc1)C1CC2C3NC4NC(NC5NC(NC6NC(NC(N3)C2C(Oc2ccccc2)C1C(C)(C)c1ccccc1)C1CCCCC61)C1CCCCC51)C1CCCCC41. The summed E-state index contributed by atoms with van der Waals surface area (Å²) >= 11 is 0. The van der Waals surface area contributed by atoms with Crippen molar-refractivity contribution in [1.29, 1.82) is 0 Å². The van der Waals surface area contributed by atoms with E-state index in [2.05, 4.69) is 161 Å². The van der Waals surface area contributed by atoms with Gasteiger partial charge in [0.1, 0.15) is 11.9 Å². The predicted molar refractivity (Wildman–Crippen MR) is 260 cm³/mol. The number of para-hydroxylation sites is 1. The van der Waals surface area contributed by atoms with Gasteiger partial charge in [-0.3, -0.25) is 42.5 Å². The average molecular weight is 881 g/mol. The number of hydrogen-bond donors (Lipinski definition) is 8. The molecule has 4 aliphatic carbocycles. The number of ether oxygens (including phenoxy) is 1. The molecule has 9 heteroatoms. The van der Waals surface area contributed by atoms with Crippen molar-refractivity contribution in [3.63, 3.8) is 0 Å². The summed E-state index contributed by atoms with van der Waals surface area (Å²) in [6.45, 7) is 10.1. The zero-order chi connectivity index (χ0) is 43.9. The molecule has 4 saturated carbocycles. The maximum atomic E-state index is 7.77. The van der Waals surface area contributed by atoms with Crippen LogP contribution in [0.15, 0.2) is 91.0 Å². The number of fused-ring (bicyclic) bond motifs is 20. The van der Waals surface area contributed by atoms with Gasteiger partial charge in [-0.05, 0) is 126 Å². The number of benzene rings is 3. The van der Waals surface area contributed by atoms with E-state index in [4.69, 9.17) is 4.74 Å². The number of nitrogens with one attached hydrogen (secondary N) is 8. The Bertz CT molecular complexity index is 2070. The Morgan fingerprint density at radius 1 is 0.385 bits per heavy atom. The molecule has 0 radical (unpaired) electrons. The highest BCUT2D eigenvalue weighted by molar-refractivity contribution is 5.33. The van der Waals surface area contributed by atoms with Gasteiger partial charge in [-0.1, -0.05) is 145 Å². The second-order valence-corrected chi connectivity index (χ2v) is 23.7. The Balaban J connectivity index is 0.986. The molecule has 9 fully saturated rings. The van der Waals surface area contributed by atoms with Crippen LogP contribution < -0.4 is 47.3 Å². The minimum Gasteiger partial charge on any atom is -0.490 e. The maximum Gasteiger partial charge on any atom is 0.119 e. The smallest absolute Gasteiger partial charge is 0.119 e. The van der Waals surface area contributed by atoms with E-state index < -0.39 is 0 Å². The quantitative estimate of drug-likeness (QED) is 0.125. The summed E-state index contributed by atoms with van der Waals surface area (Å²) in [5, 5.41) is 35.1. The van der Waals surface area contributed by atoms with E-state index in [1.165, 1.54) is 88.2 Å². The fraction of sp³-hybridized carbons (Fsp3) is 0.679. The topological polar surface area (TPSA) is 105 Å². The largest absolute Gasteiger partial charge is 0.490 e. The molecule has 5 saturated heterocycles. The first-order valence-corrected chi connectivity index (χ1v) is 26.6. The number of rotatable bonds is 6. The van der Waals surface area contributed by atoms with Crippen molar-refractivity contribution in [3.8, 4) is 5.75 Å². The van der Waals surface area contributed by atoms with E-state index in [1.807, 2.05) is 0 Å². The molecule has 0 spiro atoms. The van der Waals surface area contributed by atoms with Crippen LogP contribution in [0.4, 0.5) is 0 Å². The highest BCUT2D eigenvalue weighted by Gasteiger charge is 2.63. The average Bonchev–Trinajstić information content (AvgIpc) is 4.08. The Kier molecular flexibility index (Phi) is 11.7. The molecule has 3 aromatic rings. The Hall–Kier alpha value is -2.86. The molecule has 5 heterocycles. The van der Waals surface area contributed by atoms with E-state index >= 15 is 0 Å². The lowest BCUT2D eigenvalue weighted by atomic mass is 9.50. The lowest BCUT2D eigenvalue weighted by molar-refractivity contribution is -0.0800. The predicted octanol–water partition coefficient (Wildman–Crippen LogP) is 8.07. The van der Waals surface area contributed by atoms with Crippen LogP contribution in [0, 0.1) is 59.2 Å². The summed E-state index contributed by atoms with van der Waals surface area (Å²) in [5.41, 5.74) is 2.51. The molecule has 9 aliphatic rings. The van der Waals surface area contributed by atoms with Crippen molar-refractivity contribution < 1.29 is 4.74 Å². The van der Waals surface area contributed by atoms with Crippen LogP contribution in [0.2, 0.25) is 0 Å². The number of hydrogen-bond acceptors (Lipinski definition) is 9. The minimum atomic E-state index is -0.187.